The Morgan fingerprint density at radius 3 is 2.80 bits per heavy atom. The van der Waals surface area contributed by atoms with Crippen LogP contribution in [0.3, 0.4) is 0 Å². The minimum absolute atomic E-state index is 0.0987. The second-order valence-electron chi connectivity index (χ2n) is 5.59. The van der Waals surface area contributed by atoms with Crippen LogP contribution in [-0.4, -0.2) is 32.7 Å². The zero-order valence-corrected chi connectivity index (χ0v) is 12.0. The Kier molecular flexibility index (Phi) is 4.60. The predicted molar refractivity (Wildman–Crippen MR) is 75.5 cm³/mol. The van der Waals surface area contributed by atoms with E-state index in [1.165, 1.54) is 25.3 Å². The van der Waals surface area contributed by atoms with Crippen molar-refractivity contribution in [2.24, 2.45) is 5.41 Å². The molecule has 1 amide bonds. The van der Waals surface area contributed by atoms with E-state index in [0.717, 1.165) is 25.9 Å². The summed E-state index contributed by atoms with van der Waals surface area (Å²) in [6, 6.07) is 3.96. The van der Waals surface area contributed by atoms with Crippen molar-refractivity contribution < 1.29 is 13.9 Å². The van der Waals surface area contributed by atoms with E-state index in [9.17, 15) is 9.18 Å². The molecule has 0 unspecified atom stereocenters. The molecule has 1 aliphatic heterocycles. The molecule has 5 heteroatoms. The highest BCUT2D eigenvalue weighted by atomic mass is 19.1. The van der Waals surface area contributed by atoms with Gasteiger partial charge >= 0.3 is 0 Å². The van der Waals surface area contributed by atoms with E-state index in [0.29, 0.717) is 12.3 Å². The zero-order chi connectivity index (χ0) is 14.6. The lowest BCUT2D eigenvalue weighted by Gasteiger charge is -2.34. The first-order chi connectivity index (χ1) is 9.54. The Morgan fingerprint density at radius 1 is 1.45 bits per heavy atom. The van der Waals surface area contributed by atoms with E-state index < -0.39 is 5.82 Å². The minimum Gasteiger partial charge on any atom is -0.496 e. The summed E-state index contributed by atoms with van der Waals surface area (Å²) in [5, 5.41) is 6.20. The van der Waals surface area contributed by atoms with Gasteiger partial charge in [-0.15, -0.1) is 0 Å². The highest BCUT2D eigenvalue weighted by molar-refractivity contribution is 5.96. The highest BCUT2D eigenvalue weighted by Gasteiger charge is 2.27. The summed E-state index contributed by atoms with van der Waals surface area (Å²) in [5.74, 6) is -0.343. The molecule has 1 fully saturated rings. The van der Waals surface area contributed by atoms with Gasteiger partial charge < -0.3 is 15.4 Å². The molecule has 2 rings (SSSR count). The summed E-state index contributed by atoms with van der Waals surface area (Å²) >= 11 is 0. The van der Waals surface area contributed by atoms with Gasteiger partial charge in [0.2, 0.25) is 0 Å². The largest absolute Gasteiger partial charge is 0.496 e. The first kappa shape index (κ1) is 14.8. The smallest absolute Gasteiger partial charge is 0.255 e. The van der Waals surface area contributed by atoms with Crippen LogP contribution in [0, 0.1) is 11.2 Å². The van der Waals surface area contributed by atoms with Crippen LogP contribution in [0.4, 0.5) is 4.39 Å². The average molecular weight is 280 g/mol. The molecule has 0 saturated carbocycles. The number of hydrogen-bond donors (Lipinski definition) is 2. The fourth-order valence-electron chi connectivity index (χ4n) is 2.45. The quantitative estimate of drug-likeness (QED) is 0.886. The Hall–Kier alpha value is -1.62. The van der Waals surface area contributed by atoms with Crippen LogP contribution >= 0.6 is 0 Å². The number of carbonyl (C=O) groups excluding carboxylic acids is 1. The molecule has 0 radical (unpaired) electrons. The number of halogens is 1. The highest BCUT2D eigenvalue weighted by Crippen LogP contribution is 2.27. The molecule has 110 valence electrons. The third-order valence-corrected chi connectivity index (χ3v) is 3.89. The van der Waals surface area contributed by atoms with E-state index in [1.807, 2.05) is 0 Å². The number of hydrogen-bond acceptors (Lipinski definition) is 3. The van der Waals surface area contributed by atoms with Crippen molar-refractivity contribution in [3.05, 3.63) is 29.6 Å². The molecule has 0 atom stereocenters. The second-order valence-corrected chi connectivity index (χ2v) is 5.59. The Balaban J connectivity index is 2.03. The fourth-order valence-corrected chi connectivity index (χ4v) is 2.45. The molecule has 1 aromatic rings. The van der Waals surface area contributed by atoms with Crippen molar-refractivity contribution in [1.82, 2.24) is 10.6 Å². The molecule has 1 aromatic carbocycles. The second kappa shape index (κ2) is 6.22. The lowest BCUT2D eigenvalue weighted by Crippen LogP contribution is -2.42. The van der Waals surface area contributed by atoms with Gasteiger partial charge in [0.1, 0.15) is 11.6 Å². The Morgan fingerprint density at radius 2 is 2.15 bits per heavy atom. The van der Waals surface area contributed by atoms with Gasteiger partial charge in [0.05, 0.1) is 12.7 Å². The summed E-state index contributed by atoms with van der Waals surface area (Å²) in [4.78, 5) is 12.2. The summed E-state index contributed by atoms with van der Waals surface area (Å²) < 4.78 is 18.4. The molecule has 0 spiro atoms. The van der Waals surface area contributed by atoms with E-state index in [4.69, 9.17) is 4.74 Å². The van der Waals surface area contributed by atoms with Gasteiger partial charge in [-0.25, -0.2) is 4.39 Å². The molecule has 0 bridgehead atoms. The van der Waals surface area contributed by atoms with Crippen LogP contribution in [0.5, 0.6) is 5.75 Å². The Bertz CT molecular complexity index is 485. The number of ether oxygens (including phenoxy) is 1. The van der Waals surface area contributed by atoms with Crippen LogP contribution in [0.15, 0.2) is 18.2 Å². The third-order valence-electron chi connectivity index (χ3n) is 3.89. The van der Waals surface area contributed by atoms with Gasteiger partial charge in [-0.2, -0.15) is 0 Å². The predicted octanol–water partition coefficient (Wildman–Crippen LogP) is 1.95. The topological polar surface area (TPSA) is 50.4 Å². The maximum absolute atomic E-state index is 13.3. The average Bonchev–Trinajstić information content (AvgIpc) is 2.45. The normalized spacial score (nSPS) is 17.6. The van der Waals surface area contributed by atoms with Gasteiger partial charge in [-0.05, 0) is 49.5 Å². The number of piperidine rings is 1. The fraction of sp³-hybridized carbons (Fsp3) is 0.533. The van der Waals surface area contributed by atoms with Gasteiger partial charge in [-0.1, -0.05) is 6.92 Å². The monoisotopic (exact) mass is 280 g/mol. The number of benzene rings is 1. The lowest BCUT2D eigenvalue weighted by molar-refractivity contribution is 0.0918. The minimum atomic E-state index is -0.441. The van der Waals surface area contributed by atoms with Gasteiger partial charge in [0.15, 0.2) is 0 Å². The van der Waals surface area contributed by atoms with E-state index in [-0.39, 0.29) is 16.9 Å². The lowest BCUT2D eigenvalue weighted by atomic mass is 9.81. The van der Waals surface area contributed by atoms with Crippen molar-refractivity contribution >= 4 is 5.91 Å². The SMILES string of the molecule is COc1ccc(F)cc1C(=O)NCC1(C)CCNCC1. The van der Waals surface area contributed by atoms with Crippen molar-refractivity contribution in [2.45, 2.75) is 19.8 Å². The maximum atomic E-state index is 13.3. The number of rotatable bonds is 4. The van der Waals surface area contributed by atoms with Gasteiger partial charge in [-0.3, -0.25) is 4.79 Å². The standard InChI is InChI=1S/C15H21FN2O2/c1-15(5-7-17-8-6-15)10-18-14(19)12-9-11(16)3-4-13(12)20-2/h3-4,9,17H,5-8,10H2,1-2H3,(H,18,19). The van der Waals surface area contributed by atoms with Crippen LogP contribution in [0.2, 0.25) is 0 Å². The van der Waals surface area contributed by atoms with Crippen LogP contribution < -0.4 is 15.4 Å². The van der Waals surface area contributed by atoms with Crippen LogP contribution in [0.1, 0.15) is 30.1 Å². The van der Waals surface area contributed by atoms with E-state index >= 15 is 0 Å². The van der Waals surface area contributed by atoms with Crippen LogP contribution in [-0.2, 0) is 0 Å². The van der Waals surface area contributed by atoms with E-state index in [2.05, 4.69) is 17.6 Å². The molecule has 20 heavy (non-hydrogen) atoms. The molecular formula is C15H21FN2O2. The summed E-state index contributed by atoms with van der Waals surface area (Å²) in [6.07, 6.45) is 2.04. The van der Waals surface area contributed by atoms with Crippen molar-refractivity contribution in [3.63, 3.8) is 0 Å². The molecule has 2 N–H and O–H groups in total. The van der Waals surface area contributed by atoms with Crippen molar-refractivity contribution in [2.75, 3.05) is 26.7 Å². The zero-order valence-electron chi connectivity index (χ0n) is 12.0. The number of nitrogens with one attached hydrogen (secondary N) is 2. The Labute approximate surface area is 118 Å². The maximum Gasteiger partial charge on any atom is 0.255 e. The first-order valence-corrected chi connectivity index (χ1v) is 6.86. The summed E-state index contributed by atoms with van der Waals surface area (Å²) in [7, 11) is 1.47. The molecule has 1 aliphatic rings. The molecule has 0 aliphatic carbocycles. The van der Waals surface area contributed by atoms with Crippen molar-refractivity contribution in [1.29, 1.82) is 0 Å². The third kappa shape index (κ3) is 3.48. The molecule has 1 saturated heterocycles. The number of carbonyl (C=O) groups is 1. The molecule has 0 aromatic heterocycles. The van der Waals surface area contributed by atoms with E-state index in [1.54, 1.807) is 0 Å². The summed E-state index contributed by atoms with van der Waals surface area (Å²) in [5.41, 5.74) is 0.339. The molecular weight excluding hydrogens is 259 g/mol. The molecule has 4 nitrogen and oxygen atoms in total. The number of amides is 1. The molecule has 1 heterocycles. The van der Waals surface area contributed by atoms with Crippen molar-refractivity contribution in [3.8, 4) is 5.75 Å². The van der Waals surface area contributed by atoms with Gasteiger partial charge in [0.25, 0.3) is 5.91 Å². The van der Waals surface area contributed by atoms with Gasteiger partial charge in [0, 0.05) is 6.54 Å². The number of methoxy groups -OCH3 is 1. The van der Waals surface area contributed by atoms with Crippen LogP contribution in [0.25, 0.3) is 0 Å². The first-order valence-electron chi connectivity index (χ1n) is 6.86. The summed E-state index contributed by atoms with van der Waals surface area (Å²) in [6.45, 7) is 4.69.